The summed E-state index contributed by atoms with van der Waals surface area (Å²) in [6.07, 6.45) is 3.73. The van der Waals surface area contributed by atoms with Gasteiger partial charge in [-0.2, -0.15) is 0 Å². The van der Waals surface area contributed by atoms with Crippen LogP contribution in [0.25, 0.3) is 0 Å². The fraction of sp³-hybridized carbons (Fsp3) is 0.850. The molecule has 0 unspecified atom stereocenters. The minimum absolute atomic E-state index is 0. The second-order valence-corrected chi connectivity index (χ2v) is 8.04. The highest BCUT2D eigenvalue weighted by Gasteiger charge is 2.21. The molecule has 1 saturated carbocycles. The number of aromatic nitrogens is 3. The summed E-state index contributed by atoms with van der Waals surface area (Å²) >= 11 is 0. The number of nitrogens with one attached hydrogen (secondary N) is 1. The van der Waals surface area contributed by atoms with E-state index in [1.54, 1.807) is 0 Å². The van der Waals surface area contributed by atoms with Crippen molar-refractivity contribution in [3.05, 3.63) is 11.6 Å². The monoisotopic (exact) mass is 535 g/mol. The fourth-order valence-electron chi connectivity index (χ4n) is 3.22. The lowest BCUT2D eigenvalue weighted by Gasteiger charge is -2.27. The van der Waals surface area contributed by atoms with Gasteiger partial charge in [-0.05, 0) is 38.6 Å². The Bertz CT molecular complexity index is 645. The van der Waals surface area contributed by atoms with Crippen molar-refractivity contribution in [2.45, 2.75) is 32.7 Å². The number of hydrogen-bond acceptors (Lipinski definition) is 6. The molecule has 0 aromatic carbocycles. The van der Waals surface area contributed by atoms with Gasteiger partial charge in [-0.15, -0.1) is 34.2 Å². The third-order valence-electron chi connectivity index (χ3n) is 5.57. The summed E-state index contributed by atoms with van der Waals surface area (Å²) in [4.78, 5) is 9.40. The van der Waals surface area contributed by atoms with Crippen LogP contribution in [-0.4, -0.2) is 96.7 Å². The van der Waals surface area contributed by atoms with Gasteiger partial charge in [0.2, 0.25) is 0 Å². The number of likely N-dealkylation sites (N-methyl/N-ethyl adjacent to an activating group) is 1. The molecule has 2 heterocycles. The standard InChI is InChI=1S/C20H37N7O2.HI/c1-17-23-24-19(26(17)3)15-22-20(25(2)9-12-29-16-18-5-6-18)21-7-4-8-27-10-13-28-14-11-27;/h18H,4-16H2,1-3H3,(H,21,22);1H. The number of guanidine groups is 1. The summed E-state index contributed by atoms with van der Waals surface area (Å²) in [7, 11) is 4.04. The van der Waals surface area contributed by atoms with E-state index in [0.717, 1.165) is 89.1 Å². The van der Waals surface area contributed by atoms with Gasteiger partial charge >= 0.3 is 0 Å². The smallest absolute Gasteiger partial charge is 0.194 e. The quantitative estimate of drug-likeness (QED) is 0.198. The van der Waals surface area contributed by atoms with Crippen molar-refractivity contribution in [1.29, 1.82) is 0 Å². The summed E-state index contributed by atoms with van der Waals surface area (Å²) in [5.41, 5.74) is 0. The number of hydrogen-bond donors (Lipinski definition) is 1. The van der Waals surface area contributed by atoms with E-state index in [4.69, 9.17) is 14.5 Å². The number of halogens is 1. The fourth-order valence-corrected chi connectivity index (χ4v) is 3.22. The lowest BCUT2D eigenvalue weighted by Crippen LogP contribution is -2.42. The first-order chi connectivity index (χ1) is 14.1. The summed E-state index contributed by atoms with van der Waals surface area (Å²) < 4.78 is 13.2. The van der Waals surface area contributed by atoms with Crippen LogP contribution in [-0.2, 0) is 23.1 Å². The Morgan fingerprint density at radius 2 is 2.07 bits per heavy atom. The molecule has 9 nitrogen and oxygen atoms in total. The summed E-state index contributed by atoms with van der Waals surface area (Å²) in [6.45, 7) is 10.6. The van der Waals surface area contributed by atoms with Gasteiger partial charge in [-0.3, -0.25) is 4.90 Å². The first-order valence-corrected chi connectivity index (χ1v) is 10.9. The molecule has 0 amide bonds. The predicted octanol–water partition coefficient (Wildman–Crippen LogP) is 1.27. The van der Waals surface area contributed by atoms with Gasteiger partial charge in [0.1, 0.15) is 12.4 Å². The Morgan fingerprint density at radius 1 is 1.30 bits per heavy atom. The summed E-state index contributed by atoms with van der Waals surface area (Å²) in [5.74, 6) is 3.46. The van der Waals surface area contributed by atoms with E-state index in [0.29, 0.717) is 6.54 Å². The van der Waals surface area contributed by atoms with Crippen LogP contribution >= 0.6 is 24.0 Å². The third kappa shape index (κ3) is 8.64. The molecular formula is C20H38IN7O2. The molecule has 2 aliphatic rings. The van der Waals surface area contributed by atoms with E-state index >= 15 is 0 Å². The number of ether oxygens (including phenoxy) is 2. The molecule has 1 aliphatic carbocycles. The van der Waals surface area contributed by atoms with E-state index in [2.05, 4.69) is 32.4 Å². The SMILES string of the molecule is Cc1nnc(CN=C(NCCCN2CCOCC2)N(C)CCOCC2CC2)n1C.I. The van der Waals surface area contributed by atoms with Crippen molar-refractivity contribution < 1.29 is 9.47 Å². The van der Waals surface area contributed by atoms with E-state index in [9.17, 15) is 0 Å². The molecule has 3 rings (SSSR count). The number of rotatable bonds is 11. The van der Waals surface area contributed by atoms with Crippen LogP contribution in [0.5, 0.6) is 0 Å². The van der Waals surface area contributed by atoms with Gasteiger partial charge in [0, 0.05) is 46.9 Å². The molecule has 0 radical (unpaired) electrons. The summed E-state index contributed by atoms with van der Waals surface area (Å²) in [5, 5.41) is 11.9. The van der Waals surface area contributed by atoms with Crippen molar-refractivity contribution in [3.8, 4) is 0 Å². The first kappa shape index (κ1) is 25.3. The third-order valence-corrected chi connectivity index (χ3v) is 5.57. The van der Waals surface area contributed by atoms with Gasteiger partial charge in [-0.25, -0.2) is 4.99 Å². The molecule has 1 aromatic rings. The number of morpholine rings is 1. The Balaban J connectivity index is 0.00000320. The van der Waals surface area contributed by atoms with Crippen LogP contribution in [0.1, 0.15) is 30.9 Å². The maximum atomic E-state index is 5.80. The van der Waals surface area contributed by atoms with Crippen LogP contribution in [0, 0.1) is 12.8 Å². The molecule has 1 saturated heterocycles. The zero-order chi connectivity index (χ0) is 20.5. The highest BCUT2D eigenvalue weighted by molar-refractivity contribution is 14.0. The maximum Gasteiger partial charge on any atom is 0.194 e. The Labute approximate surface area is 197 Å². The largest absolute Gasteiger partial charge is 0.379 e. The number of aliphatic imine (C=N–C) groups is 1. The molecule has 1 N–H and O–H groups in total. The van der Waals surface area contributed by atoms with Gasteiger partial charge in [0.25, 0.3) is 0 Å². The van der Waals surface area contributed by atoms with E-state index in [-0.39, 0.29) is 24.0 Å². The molecule has 0 bridgehead atoms. The second kappa shape index (κ2) is 13.4. The Morgan fingerprint density at radius 3 is 2.73 bits per heavy atom. The predicted molar refractivity (Wildman–Crippen MR) is 128 cm³/mol. The van der Waals surface area contributed by atoms with E-state index in [1.807, 2.05) is 18.5 Å². The topological polar surface area (TPSA) is 80.0 Å². The van der Waals surface area contributed by atoms with Crippen LogP contribution < -0.4 is 5.32 Å². The molecule has 2 fully saturated rings. The highest BCUT2D eigenvalue weighted by atomic mass is 127. The van der Waals surface area contributed by atoms with Crippen LogP contribution in [0.4, 0.5) is 0 Å². The van der Waals surface area contributed by atoms with Crippen molar-refractivity contribution >= 4 is 29.9 Å². The average molecular weight is 535 g/mol. The zero-order valence-electron chi connectivity index (χ0n) is 18.7. The second-order valence-electron chi connectivity index (χ2n) is 8.04. The molecule has 10 heteroatoms. The number of aryl methyl sites for hydroxylation is 1. The van der Waals surface area contributed by atoms with Crippen molar-refractivity contribution in [2.24, 2.45) is 18.0 Å². The van der Waals surface area contributed by atoms with Crippen LogP contribution in [0.3, 0.4) is 0 Å². The minimum Gasteiger partial charge on any atom is -0.379 e. The minimum atomic E-state index is 0. The average Bonchev–Trinajstić information content (AvgIpc) is 3.51. The molecule has 172 valence electrons. The van der Waals surface area contributed by atoms with E-state index in [1.165, 1.54) is 12.8 Å². The van der Waals surface area contributed by atoms with Crippen LogP contribution in [0.15, 0.2) is 4.99 Å². The summed E-state index contributed by atoms with van der Waals surface area (Å²) in [6, 6.07) is 0. The molecular weight excluding hydrogens is 497 g/mol. The van der Waals surface area contributed by atoms with E-state index < -0.39 is 0 Å². The maximum absolute atomic E-state index is 5.80. The van der Waals surface area contributed by atoms with Crippen molar-refractivity contribution in [3.63, 3.8) is 0 Å². The van der Waals surface area contributed by atoms with Crippen molar-refractivity contribution in [2.75, 3.05) is 66.2 Å². The zero-order valence-corrected chi connectivity index (χ0v) is 21.0. The number of nitrogens with zero attached hydrogens (tertiary/aromatic N) is 6. The Hall–Kier alpha value is -0.980. The van der Waals surface area contributed by atoms with Gasteiger partial charge in [0.15, 0.2) is 11.8 Å². The first-order valence-electron chi connectivity index (χ1n) is 10.9. The molecule has 0 atom stereocenters. The molecule has 1 aliphatic heterocycles. The van der Waals surface area contributed by atoms with Gasteiger partial charge < -0.3 is 24.3 Å². The van der Waals surface area contributed by atoms with Gasteiger partial charge in [0.05, 0.1) is 19.8 Å². The highest BCUT2D eigenvalue weighted by Crippen LogP contribution is 2.28. The van der Waals surface area contributed by atoms with Gasteiger partial charge in [-0.1, -0.05) is 0 Å². The molecule has 1 aromatic heterocycles. The van der Waals surface area contributed by atoms with Crippen LogP contribution in [0.2, 0.25) is 0 Å². The normalized spacial score (nSPS) is 17.6. The molecule has 0 spiro atoms. The lowest BCUT2D eigenvalue weighted by molar-refractivity contribution is 0.0375. The Kier molecular flexibility index (Phi) is 11.3. The molecule has 30 heavy (non-hydrogen) atoms. The lowest BCUT2D eigenvalue weighted by atomic mass is 10.3. The van der Waals surface area contributed by atoms with Crippen molar-refractivity contribution in [1.82, 2.24) is 29.9 Å².